The van der Waals surface area contributed by atoms with Gasteiger partial charge in [0.25, 0.3) is 0 Å². The predicted octanol–water partition coefficient (Wildman–Crippen LogP) is -0.114. The molecule has 0 bridgehead atoms. The van der Waals surface area contributed by atoms with Crippen molar-refractivity contribution in [2.75, 3.05) is 33.3 Å². The molecule has 0 unspecified atom stereocenters. The summed E-state index contributed by atoms with van der Waals surface area (Å²) in [6.45, 7) is 4.77. The number of aliphatic hydroxyl groups is 1. The Bertz CT molecular complexity index is 562. The molecule has 2 rings (SSSR count). The van der Waals surface area contributed by atoms with Crippen molar-refractivity contribution in [3.8, 4) is 0 Å². The monoisotopic (exact) mass is 316 g/mol. The molecule has 0 aliphatic carbocycles. The van der Waals surface area contributed by atoms with Crippen molar-refractivity contribution < 1.29 is 13.5 Å². The maximum Gasteiger partial charge on any atom is 0.243 e. The maximum absolute atomic E-state index is 12.3. The van der Waals surface area contributed by atoms with Gasteiger partial charge in [-0.05, 0) is 38.4 Å². The van der Waals surface area contributed by atoms with Crippen molar-refractivity contribution in [2.45, 2.75) is 31.2 Å². The third-order valence-corrected chi connectivity index (χ3v) is 5.49. The molecule has 2 heterocycles. The second-order valence-corrected chi connectivity index (χ2v) is 7.87. The van der Waals surface area contributed by atoms with Crippen LogP contribution in [0.15, 0.2) is 17.3 Å². The molecule has 0 aromatic carbocycles. The summed E-state index contributed by atoms with van der Waals surface area (Å²) < 4.78 is 28.6. The van der Waals surface area contributed by atoms with Crippen molar-refractivity contribution in [1.29, 1.82) is 0 Å². The van der Waals surface area contributed by atoms with E-state index in [1.807, 2.05) is 0 Å². The number of hydrogen-bond donors (Lipinski definition) is 2. The normalized spacial score (nSPS) is 19.8. The van der Waals surface area contributed by atoms with Crippen LogP contribution in [0.5, 0.6) is 0 Å². The molecular weight excluding hydrogens is 292 g/mol. The van der Waals surface area contributed by atoms with Gasteiger partial charge in [-0.2, -0.15) is 5.10 Å². The Balaban J connectivity index is 1.97. The molecule has 1 saturated heterocycles. The minimum Gasteiger partial charge on any atom is -0.394 e. The zero-order valence-electron chi connectivity index (χ0n) is 12.6. The van der Waals surface area contributed by atoms with Crippen molar-refractivity contribution in [3.05, 3.63) is 12.4 Å². The third-order valence-electron chi connectivity index (χ3n) is 4.13. The maximum atomic E-state index is 12.3. The smallest absolute Gasteiger partial charge is 0.243 e. The second kappa shape index (κ2) is 6.43. The van der Waals surface area contributed by atoms with Gasteiger partial charge in [0.15, 0.2) is 0 Å². The standard InChI is InChI=1S/C13H24N4O3S/c1-13(3-5-16(2)6-4-13)11-15-21(19,20)12-9-14-17(10-12)7-8-18/h9-10,15,18H,3-8,11H2,1-2H3. The molecule has 1 aromatic heterocycles. The zero-order chi connectivity index (χ0) is 15.5. The van der Waals surface area contributed by atoms with Crippen molar-refractivity contribution in [3.63, 3.8) is 0 Å². The average Bonchev–Trinajstić information content (AvgIpc) is 2.91. The van der Waals surface area contributed by atoms with Crippen LogP contribution >= 0.6 is 0 Å². The summed E-state index contributed by atoms with van der Waals surface area (Å²) in [5.41, 5.74) is 0.000667. The Morgan fingerprint density at radius 3 is 2.71 bits per heavy atom. The van der Waals surface area contributed by atoms with Gasteiger partial charge in [0, 0.05) is 12.7 Å². The van der Waals surface area contributed by atoms with Crippen molar-refractivity contribution >= 4 is 10.0 Å². The summed E-state index contributed by atoms with van der Waals surface area (Å²) in [6, 6.07) is 0. The number of piperidine rings is 1. The van der Waals surface area contributed by atoms with Crippen LogP contribution in [0.4, 0.5) is 0 Å². The number of nitrogens with one attached hydrogen (secondary N) is 1. The topological polar surface area (TPSA) is 87.5 Å². The van der Waals surface area contributed by atoms with Gasteiger partial charge in [0.05, 0.1) is 19.3 Å². The van der Waals surface area contributed by atoms with Gasteiger partial charge < -0.3 is 10.0 Å². The summed E-state index contributed by atoms with van der Waals surface area (Å²) in [4.78, 5) is 2.40. The summed E-state index contributed by atoms with van der Waals surface area (Å²) in [5, 5.41) is 12.8. The number of likely N-dealkylation sites (tertiary alicyclic amines) is 1. The minimum atomic E-state index is -3.54. The Morgan fingerprint density at radius 1 is 1.43 bits per heavy atom. The van der Waals surface area contributed by atoms with Crippen LogP contribution in [0.3, 0.4) is 0 Å². The molecule has 1 fully saturated rings. The lowest BCUT2D eigenvalue weighted by Gasteiger charge is -2.37. The summed E-state index contributed by atoms with van der Waals surface area (Å²) in [7, 11) is -1.45. The molecule has 2 N–H and O–H groups in total. The third kappa shape index (κ3) is 4.26. The molecule has 120 valence electrons. The first-order chi connectivity index (χ1) is 9.85. The van der Waals surface area contributed by atoms with E-state index in [2.05, 4.69) is 28.7 Å². The first-order valence-electron chi connectivity index (χ1n) is 7.16. The Morgan fingerprint density at radius 2 is 2.10 bits per heavy atom. The van der Waals surface area contributed by atoms with Crippen LogP contribution in [0.25, 0.3) is 0 Å². The molecule has 0 radical (unpaired) electrons. The molecule has 21 heavy (non-hydrogen) atoms. The number of aliphatic hydroxyl groups excluding tert-OH is 1. The van der Waals surface area contributed by atoms with Gasteiger partial charge >= 0.3 is 0 Å². The lowest BCUT2D eigenvalue weighted by Crippen LogP contribution is -2.43. The van der Waals surface area contributed by atoms with Gasteiger partial charge in [-0.15, -0.1) is 0 Å². The van der Waals surface area contributed by atoms with Gasteiger partial charge in [-0.1, -0.05) is 6.92 Å². The summed E-state index contributed by atoms with van der Waals surface area (Å²) in [6.07, 6.45) is 4.72. The van der Waals surface area contributed by atoms with E-state index < -0.39 is 10.0 Å². The fourth-order valence-corrected chi connectivity index (χ4v) is 3.55. The fraction of sp³-hybridized carbons (Fsp3) is 0.769. The Hall–Kier alpha value is -0.960. The highest BCUT2D eigenvalue weighted by Gasteiger charge is 2.30. The van der Waals surface area contributed by atoms with Crippen LogP contribution in [-0.4, -0.2) is 61.5 Å². The molecule has 8 heteroatoms. The second-order valence-electron chi connectivity index (χ2n) is 6.10. The van der Waals surface area contributed by atoms with Crippen molar-refractivity contribution in [2.24, 2.45) is 5.41 Å². The molecule has 1 aromatic rings. The molecular formula is C13H24N4O3S. The SMILES string of the molecule is CN1CCC(C)(CNS(=O)(=O)c2cnn(CCO)c2)CC1. The van der Waals surface area contributed by atoms with Gasteiger partial charge in [-0.25, -0.2) is 13.1 Å². The number of nitrogens with zero attached hydrogens (tertiary/aromatic N) is 3. The number of rotatable bonds is 6. The number of sulfonamides is 1. The molecule has 0 saturated carbocycles. The Kier molecular flexibility index (Phi) is 5.03. The van der Waals surface area contributed by atoms with E-state index in [4.69, 9.17) is 5.11 Å². The average molecular weight is 316 g/mol. The van der Waals surface area contributed by atoms with Gasteiger partial charge in [0.2, 0.25) is 10.0 Å². The van der Waals surface area contributed by atoms with Crippen LogP contribution < -0.4 is 4.72 Å². The fourth-order valence-electron chi connectivity index (χ4n) is 2.40. The van der Waals surface area contributed by atoms with E-state index >= 15 is 0 Å². The van der Waals surface area contributed by atoms with Gasteiger partial charge in [-0.3, -0.25) is 4.68 Å². The molecule has 7 nitrogen and oxygen atoms in total. The highest BCUT2D eigenvalue weighted by Crippen LogP contribution is 2.29. The lowest BCUT2D eigenvalue weighted by atomic mass is 9.81. The Labute approximate surface area is 126 Å². The van der Waals surface area contributed by atoms with E-state index in [1.54, 1.807) is 0 Å². The molecule has 0 spiro atoms. The quantitative estimate of drug-likeness (QED) is 0.764. The van der Waals surface area contributed by atoms with Crippen LogP contribution in [-0.2, 0) is 16.6 Å². The highest BCUT2D eigenvalue weighted by molar-refractivity contribution is 7.89. The first kappa shape index (κ1) is 16.4. The first-order valence-corrected chi connectivity index (χ1v) is 8.64. The highest BCUT2D eigenvalue weighted by atomic mass is 32.2. The van der Waals surface area contributed by atoms with Crippen molar-refractivity contribution in [1.82, 2.24) is 19.4 Å². The summed E-state index contributed by atoms with van der Waals surface area (Å²) >= 11 is 0. The van der Waals surface area contributed by atoms with Gasteiger partial charge in [0.1, 0.15) is 4.90 Å². The van der Waals surface area contributed by atoms with Crippen LogP contribution in [0.2, 0.25) is 0 Å². The zero-order valence-corrected chi connectivity index (χ0v) is 13.4. The predicted molar refractivity (Wildman–Crippen MR) is 79.3 cm³/mol. The van der Waals surface area contributed by atoms with E-state index in [-0.39, 0.29) is 16.9 Å². The molecule has 1 aliphatic rings. The number of hydrogen-bond acceptors (Lipinski definition) is 5. The molecule has 0 amide bonds. The lowest BCUT2D eigenvalue weighted by molar-refractivity contribution is 0.143. The van der Waals surface area contributed by atoms with Crippen LogP contribution in [0, 0.1) is 5.41 Å². The van der Waals surface area contributed by atoms with E-state index in [0.717, 1.165) is 25.9 Å². The van der Waals surface area contributed by atoms with Crippen LogP contribution in [0.1, 0.15) is 19.8 Å². The largest absolute Gasteiger partial charge is 0.394 e. The molecule has 0 atom stereocenters. The molecule has 1 aliphatic heterocycles. The minimum absolute atomic E-state index is 0.000667. The summed E-state index contributed by atoms with van der Waals surface area (Å²) in [5.74, 6) is 0. The van der Waals surface area contributed by atoms with E-state index in [9.17, 15) is 8.42 Å². The number of aromatic nitrogens is 2. The van der Waals surface area contributed by atoms with E-state index in [1.165, 1.54) is 17.1 Å². The van der Waals surface area contributed by atoms with E-state index in [0.29, 0.717) is 13.1 Å².